The fourth-order valence-electron chi connectivity index (χ4n) is 0.278. The normalized spacial score (nSPS) is 30.5. The second-order valence-corrected chi connectivity index (χ2v) is 2.06. The summed E-state index contributed by atoms with van der Waals surface area (Å²) in [6.07, 6.45) is 2.62. The molecule has 34 valence electrons. The molecule has 0 saturated carbocycles. The third kappa shape index (κ3) is 0.712. The Morgan fingerprint density at radius 1 is 2.00 bits per heavy atom. The van der Waals surface area contributed by atoms with E-state index in [1.54, 1.807) is 6.21 Å². The number of hydrogen-bond acceptors (Lipinski definition) is 2. The fraction of sp³-hybridized carbons (Fsp3) is 0.667. The molecule has 1 heterocycles. The summed E-state index contributed by atoms with van der Waals surface area (Å²) in [7, 11) is 0. The molecule has 0 saturated heterocycles. The van der Waals surface area contributed by atoms with Gasteiger partial charge in [-0.15, -0.1) is 0 Å². The second kappa shape index (κ2) is 1.60. The molecule has 0 N–H and O–H groups in total. The maximum absolute atomic E-state index is 4.64. The highest BCUT2D eigenvalue weighted by Gasteiger charge is 2.05. The highest BCUT2D eigenvalue weighted by Crippen LogP contribution is 2.09. The van der Waals surface area contributed by atoms with Gasteiger partial charge in [0.2, 0.25) is 0 Å². The first-order valence-corrected chi connectivity index (χ1v) is 2.63. The zero-order chi connectivity index (χ0) is 4.41. The van der Waals surface area contributed by atoms with E-state index in [1.165, 1.54) is 0 Å². The van der Waals surface area contributed by atoms with Crippen LogP contribution in [0.25, 0.3) is 0 Å². The molecule has 1 rings (SSSR count). The van der Waals surface area contributed by atoms with Crippen LogP contribution in [-0.4, -0.2) is 11.2 Å². The Hall–Kier alpha value is -0.0500. The van der Waals surface area contributed by atoms with E-state index in [9.17, 15) is 0 Å². The van der Waals surface area contributed by atoms with E-state index >= 15 is 0 Å². The number of oxime groups is 1. The molecule has 3 heteroatoms. The quantitative estimate of drug-likeness (QED) is 0.474. The van der Waals surface area contributed by atoms with Crippen LogP contribution in [-0.2, 0) is 4.84 Å². The van der Waals surface area contributed by atoms with Crippen LogP contribution in [0.4, 0.5) is 0 Å². The van der Waals surface area contributed by atoms with E-state index in [1.807, 2.05) is 0 Å². The molecule has 0 aromatic rings. The summed E-state index contributed by atoms with van der Waals surface area (Å²) in [6.45, 7) is 0. The first-order chi connectivity index (χ1) is 2.89. The van der Waals surface area contributed by atoms with Gasteiger partial charge in [-0.05, 0) is 15.9 Å². The molecule has 0 fully saturated rings. The largest absolute Gasteiger partial charge is 0.381 e. The molecule has 1 unspecified atom stereocenters. The van der Waals surface area contributed by atoms with Crippen molar-refractivity contribution in [3.05, 3.63) is 0 Å². The molecule has 2 nitrogen and oxygen atoms in total. The Bertz CT molecular complexity index is 65.2. The molecule has 6 heavy (non-hydrogen) atoms. The van der Waals surface area contributed by atoms with Crippen molar-refractivity contribution in [2.24, 2.45) is 5.16 Å². The molecule has 0 radical (unpaired) electrons. The summed E-state index contributed by atoms with van der Waals surface area (Å²) in [6, 6.07) is 0. The summed E-state index contributed by atoms with van der Waals surface area (Å²) < 4.78 is 0. The summed E-state index contributed by atoms with van der Waals surface area (Å²) in [4.78, 5) is 4.64. The predicted octanol–water partition coefficient (Wildman–Crippen LogP) is 1.11. The van der Waals surface area contributed by atoms with Crippen LogP contribution in [0.3, 0.4) is 0 Å². The van der Waals surface area contributed by atoms with Gasteiger partial charge in [0.1, 0.15) is 0 Å². The lowest BCUT2D eigenvalue weighted by molar-refractivity contribution is 0.153. The lowest BCUT2D eigenvalue weighted by Crippen LogP contribution is -1.88. The first kappa shape index (κ1) is 4.12. The zero-order valence-electron chi connectivity index (χ0n) is 3.10. The Balaban J connectivity index is 2.32. The van der Waals surface area contributed by atoms with Gasteiger partial charge in [0.25, 0.3) is 0 Å². The van der Waals surface area contributed by atoms with Crippen LogP contribution in [0.1, 0.15) is 6.42 Å². The van der Waals surface area contributed by atoms with Crippen molar-refractivity contribution in [3.8, 4) is 0 Å². The van der Waals surface area contributed by atoms with Crippen LogP contribution >= 0.6 is 15.9 Å². The van der Waals surface area contributed by atoms with Crippen molar-refractivity contribution in [1.82, 2.24) is 0 Å². The van der Waals surface area contributed by atoms with Gasteiger partial charge < -0.3 is 4.84 Å². The number of hydrogen-bond donors (Lipinski definition) is 0. The highest BCUT2D eigenvalue weighted by atomic mass is 79.9. The van der Waals surface area contributed by atoms with E-state index in [4.69, 9.17) is 0 Å². The molecule has 0 spiro atoms. The average molecular weight is 150 g/mol. The maximum Gasteiger partial charge on any atom is 0.186 e. The van der Waals surface area contributed by atoms with Crippen LogP contribution in [0.5, 0.6) is 0 Å². The highest BCUT2D eigenvalue weighted by molar-refractivity contribution is 9.09. The van der Waals surface area contributed by atoms with Gasteiger partial charge in [0.15, 0.2) is 5.01 Å². The van der Waals surface area contributed by atoms with Crippen LogP contribution < -0.4 is 0 Å². The lowest BCUT2D eigenvalue weighted by atomic mass is 10.5. The number of rotatable bonds is 0. The van der Waals surface area contributed by atoms with Crippen molar-refractivity contribution < 1.29 is 4.84 Å². The number of halogens is 1. The van der Waals surface area contributed by atoms with Crippen molar-refractivity contribution >= 4 is 22.1 Å². The topological polar surface area (TPSA) is 21.6 Å². The number of alkyl halides is 1. The molecule has 1 aliphatic rings. The van der Waals surface area contributed by atoms with E-state index in [0.29, 0.717) is 0 Å². The molecule has 0 bridgehead atoms. The van der Waals surface area contributed by atoms with Gasteiger partial charge >= 0.3 is 0 Å². The molecular weight excluding hydrogens is 146 g/mol. The Kier molecular flexibility index (Phi) is 1.10. The molecule has 1 atom stereocenters. The Morgan fingerprint density at radius 2 is 2.83 bits per heavy atom. The molecular formula is C3H4BrNO. The van der Waals surface area contributed by atoms with Crippen LogP contribution in [0.15, 0.2) is 5.16 Å². The third-order valence-electron chi connectivity index (χ3n) is 0.540. The SMILES string of the molecule is BrC1CC=NO1. The summed E-state index contributed by atoms with van der Waals surface area (Å²) in [5.74, 6) is 0. The van der Waals surface area contributed by atoms with E-state index < -0.39 is 0 Å². The van der Waals surface area contributed by atoms with Gasteiger partial charge in [-0.25, -0.2) is 0 Å². The Labute approximate surface area is 44.3 Å². The van der Waals surface area contributed by atoms with Gasteiger partial charge in [-0.1, -0.05) is 5.16 Å². The summed E-state index contributed by atoms with van der Waals surface area (Å²) in [5.41, 5.74) is 0. The van der Waals surface area contributed by atoms with E-state index in [2.05, 4.69) is 25.9 Å². The summed E-state index contributed by atoms with van der Waals surface area (Å²) in [5, 5.41) is 3.63. The molecule has 1 aliphatic heterocycles. The molecule has 0 aromatic heterocycles. The van der Waals surface area contributed by atoms with Gasteiger partial charge in [0, 0.05) is 12.6 Å². The first-order valence-electron chi connectivity index (χ1n) is 1.71. The van der Waals surface area contributed by atoms with Crippen LogP contribution in [0, 0.1) is 0 Å². The zero-order valence-corrected chi connectivity index (χ0v) is 4.68. The van der Waals surface area contributed by atoms with Crippen molar-refractivity contribution in [1.29, 1.82) is 0 Å². The smallest absolute Gasteiger partial charge is 0.186 e. The van der Waals surface area contributed by atoms with E-state index in [-0.39, 0.29) is 5.01 Å². The van der Waals surface area contributed by atoms with Crippen molar-refractivity contribution in [2.75, 3.05) is 0 Å². The van der Waals surface area contributed by atoms with Crippen molar-refractivity contribution in [3.63, 3.8) is 0 Å². The second-order valence-electron chi connectivity index (χ2n) is 1.04. The minimum atomic E-state index is 0.137. The van der Waals surface area contributed by atoms with Crippen LogP contribution in [0.2, 0.25) is 0 Å². The summed E-state index contributed by atoms with van der Waals surface area (Å²) >= 11 is 3.19. The van der Waals surface area contributed by atoms with Crippen molar-refractivity contribution in [2.45, 2.75) is 11.4 Å². The van der Waals surface area contributed by atoms with Gasteiger partial charge in [-0.2, -0.15) is 0 Å². The number of nitrogens with zero attached hydrogens (tertiary/aromatic N) is 1. The minimum Gasteiger partial charge on any atom is -0.381 e. The average Bonchev–Trinajstić information content (AvgIpc) is 1.86. The monoisotopic (exact) mass is 149 g/mol. The van der Waals surface area contributed by atoms with Gasteiger partial charge in [-0.3, -0.25) is 0 Å². The standard InChI is InChI=1S/C3H4BrNO/c4-3-1-2-5-6-3/h2-3H,1H2. The third-order valence-corrected chi connectivity index (χ3v) is 1.08. The van der Waals surface area contributed by atoms with Gasteiger partial charge in [0.05, 0.1) is 0 Å². The molecule has 0 aromatic carbocycles. The maximum atomic E-state index is 4.64. The minimum absolute atomic E-state index is 0.137. The lowest BCUT2D eigenvalue weighted by Gasteiger charge is -1.91. The van der Waals surface area contributed by atoms with E-state index in [0.717, 1.165) is 6.42 Å². The molecule has 0 aliphatic carbocycles. The molecule has 0 amide bonds. The fourth-order valence-corrected chi connectivity index (χ4v) is 0.542. The Morgan fingerprint density at radius 3 is 3.00 bits per heavy atom. The predicted molar refractivity (Wildman–Crippen MR) is 26.9 cm³/mol.